The van der Waals surface area contributed by atoms with Gasteiger partial charge in [-0.1, -0.05) is 6.07 Å². The fourth-order valence-corrected chi connectivity index (χ4v) is 2.57. The van der Waals surface area contributed by atoms with Crippen molar-refractivity contribution in [3.8, 4) is 0 Å². The molecule has 1 aromatic carbocycles. The number of carbonyl (C=O) groups excluding carboxylic acids is 1. The molecule has 23 heavy (non-hydrogen) atoms. The molecule has 0 N–H and O–H groups in total. The molecule has 1 aromatic heterocycles. The van der Waals surface area contributed by atoms with Crippen LogP contribution in [0.15, 0.2) is 29.2 Å². The van der Waals surface area contributed by atoms with Crippen LogP contribution in [-0.2, 0) is 16.0 Å². The molecule has 124 valence electrons. The minimum absolute atomic E-state index is 0.0925. The number of hydrogen-bond acceptors (Lipinski definition) is 4. The van der Waals surface area contributed by atoms with Crippen LogP contribution in [0.25, 0.3) is 10.9 Å². The number of esters is 1. The van der Waals surface area contributed by atoms with Crippen molar-refractivity contribution in [1.29, 1.82) is 0 Å². The Morgan fingerprint density at radius 3 is 2.74 bits per heavy atom. The molecule has 5 nitrogen and oxygen atoms in total. The van der Waals surface area contributed by atoms with Crippen molar-refractivity contribution in [3.05, 3.63) is 45.7 Å². The van der Waals surface area contributed by atoms with Crippen LogP contribution in [0.2, 0.25) is 0 Å². The highest BCUT2D eigenvalue weighted by molar-refractivity contribution is 5.93. The van der Waals surface area contributed by atoms with Crippen LogP contribution in [0.3, 0.4) is 0 Å². The van der Waals surface area contributed by atoms with Crippen molar-refractivity contribution in [2.24, 2.45) is 0 Å². The summed E-state index contributed by atoms with van der Waals surface area (Å²) >= 11 is 0. The van der Waals surface area contributed by atoms with E-state index in [9.17, 15) is 9.59 Å². The van der Waals surface area contributed by atoms with E-state index in [1.807, 2.05) is 23.6 Å². The minimum atomic E-state index is -0.564. The van der Waals surface area contributed by atoms with Crippen LogP contribution < -0.4 is 5.43 Å². The van der Waals surface area contributed by atoms with E-state index in [0.29, 0.717) is 12.0 Å². The number of rotatable bonds is 7. The maximum atomic E-state index is 12.6. The van der Waals surface area contributed by atoms with E-state index in [1.165, 1.54) is 0 Å². The van der Waals surface area contributed by atoms with E-state index in [-0.39, 0.29) is 17.6 Å². The fourth-order valence-electron chi connectivity index (χ4n) is 2.57. The highest BCUT2D eigenvalue weighted by Gasteiger charge is 2.16. The van der Waals surface area contributed by atoms with Gasteiger partial charge in [-0.3, -0.25) is 4.79 Å². The van der Waals surface area contributed by atoms with Gasteiger partial charge in [0.1, 0.15) is 5.56 Å². The quantitative estimate of drug-likeness (QED) is 0.582. The molecule has 0 fully saturated rings. The third-order valence-corrected chi connectivity index (χ3v) is 3.73. The third-order valence-electron chi connectivity index (χ3n) is 3.73. The highest BCUT2D eigenvalue weighted by atomic mass is 16.5. The van der Waals surface area contributed by atoms with Gasteiger partial charge in [0, 0.05) is 31.8 Å². The first-order valence-corrected chi connectivity index (χ1v) is 7.88. The second-order valence-corrected chi connectivity index (χ2v) is 5.51. The third kappa shape index (κ3) is 3.99. The number of ether oxygens (including phenoxy) is 2. The largest absolute Gasteiger partial charge is 0.462 e. The zero-order valence-corrected chi connectivity index (χ0v) is 13.9. The Bertz CT molecular complexity index is 749. The average Bonchev–Trinajstić information content (AvgIpc) is 2.53. The van der Waals surface area contributed by atoms with Gasteiger partial charge >= 0.3 is 5.97 Å². The lowest BCUT2D eigenvalue weighted by Crippen LogP contribution is -2.21. The number of fused-ring (bicyclic) bond motifs is 1. The van der Waals surface area contributed by atoms with Crippen molar-refractivity contribution >= 4 is 16.9 Å². The summed E-state index contributed by atoms with van der Waals surface area (Å²) in [5, 5.41) is 0.549. The Morgan fingerprint density at radius 2 is 2.04 bits per heavy atom. The number of hydrogen-bond donors (Lipinski definition) is 0. The van der Waals surface area contributed by atoms with Crippen molar-refractivity contribution in [2.45, 2.75) is 33.2 Å². The summed E-state index contributed by atoms with van der Waals surface area (Å²) in [6.45, 7) is 5.37. The number of pyridine rings is 1. The number of benzene rings is 1. The molecule has 5 heteroatoms. The van der Waals surface area contributed by atoms with Crippen molar-refractivity contribution in [1.82, 2.24) is 4.57 Å². The molecule has 2 aromatic rings. The van der Waals surface area contributed by atoms with Gasteiger partial charge in [-0.2, -0.15) is 0 Å². The standard InChI is InChI=1S/C18H23NO4/c1-4-23-18(21)15-12-19(9-5-6-10-22-3)16-11-13(2)7-8-14(16)17(15)20/h7-8,11-12H,4-6,9-10H2,1-3H3. The maximum absolute atomic E-state index is 12.6. The van der Waals surface area contributed by atoms with E-state index in [0.717, 1.165) is 30.5 Å². The first kappa shape index (κ1) is 17.2. The van der Waals surface area contributed by atoms with Gasteiger partial charge in [0.25, 0.3) is 0 Å². The Kier molecular flexibility index (Phi) is 5.93. The molecule has 2 rings (SSSR count). The summed E-state index contributed by atoms with van der Waals surface area (Å²) in [6, 6.07) is 5.64. The van der Waals surface area contributed by atoms with Crippen LogP contribution in [0.1, 0.15) is 35.7 Å². The molecule has 0 atom stereocenters. The van der Waals surface area contributed by atoms with Crippen molar-refractivity contribution in [2.75, 3.05) is 20.3 Å². The molecule has 0 amide bonds. The monoisotopic (exact) mass is 317 g/mol. The first-order chi connectivity index (χ1) is 11.1. The molecule has 0 bridgehead atoms. The van der Waals surface area contributed by atoms with Crippen LogP contribution in [-0.4, -0.2) is 30.9 Å². The molecule has 1 heterocycles. The Hall–Kier alpha value is -2.14. The smallest absolute Gasteiger partial charge is 0.343 e. The normalized spacial score (nSPS) is 10.9. The number of carbonyl (C=O) groups is 1. The SMILES string of the molecule is CCOC(=O)c1cn(CCCCOC)c2cc(C)ccc2c1=O. The van der Waals surface area contributed by atoms with E-state index in [4.69, 9.17) is 9.47 Å². The predicted molar refractivity (Wildman–Crippen MR) is 90.0 cm³/mol. The fraction of sp³-hybridized carbons (Fsp3) is 0.444. The molecule has 0 radical (unpaired) electrons. The highest BCUT2D eigenvalue weighted by Crippen LogP contribution is 2.16. The van der Waals surface area contributed by atoms with Gasteiger partial charge in [0.2, 0.25) is 5.43 Å². The maximum Gasteiger partial charge on any atom is 0.343 e. The summed E-state index contributed by atoms with van der Waals surface area (Å²) in [6.07, 6.45) is 3.45. The van der Waals surface area contributed by atoms with Gasteiger partial charge in [-0.05, 0) is 44.4 Å². The summed E-state index contributed by atoms with van der Waals surface area (Å²) in [7, 11) is 1.68. The van der Waals surface area contributed by atoms with Crippen LogP contribution in [0.5, 0.6) is 0 Å². The van der Waals surface area contributed by atoms with Crippen molar-refractivity contribution < 1.29 is 14.3 Å². The lowest BCUT2D eigenvalue weighted by Gasteiger charge is -2.13. The molecule has 0 aliphatic heterocycles. The van der Waals surface area contributed by atoms with Crippen molar-refractivity contribution in [3.63, 3.8) is 0 Å². The molecule has 0 saturated carbocycles. The van der Waals surface area contributed by atoms with E-state index >= 15 is 0 Å². The average molecular weight is 317 g/mol. The predicted octanol–water partition coefficient (Wildman–Crippen LogP) is 2.91. The van der Waals surface area contributed by atoms with Gasteiger partial charge in [0.15, 0.2) is 0 Å². The minimum Gasteiger partial charge on any atom is -0.462 e. The second kappa shape index (κ2) is 7.92. The van der Waals surface area contributed by atoms with E-state index < -0.39 is 5.97 Å². The van der Waals surface area contributed by atoms with Gasteiger partial charge in [0.05, 0.1) is 12.1 Å². The molecule has 0 unspecified atom stereocenters. The molecular formula is C18H23NO4. The van der Waals surface area contributed by atoms with Gasteiger partial charge < -0.3 is 14.0 Å². The lowest BCUT2D eigenvalue weighted by molar-refractivity contribution is 0.0524. The van der Waals surface area contributed by atoms with E-state index in [1.54, 1.807) is 26.3 Å². The number of aryl methyl sites for hydroxylation is 2. The Morgan fingerprint density at radius 1 is 1.26 bits per heavy atom. The van der Waals surface area contributed by atoms with Gasteiger partial charge in [-0.25, -0.2) is 4.79 Å². The number of methoxy groups -OCH3 is 1. The second-order valence-electron chi connectivity index (χ2n) is 5.51. The topological polar surface area (TPSA) is 57.5 Å². The summed E-state index contributed by atoms with van der Waals surface area (Å²) in [5.41, 5.74) is 1.74. The van der Waals surface area contributed by atoms with Crippen LogP contribution in [0, 0.1) is 6.92 Å². The van der Waals surface area contributed by atoms with Crippen LogP contribution in [0.4, 0.5) is 0 Å². The molecule has 0 saturated heterocycles. The lowest BCUT2D eigenvalue weighted by atomic mass is 10.1. The number of nitrogens with zero attached hydrogens (tertiary/aromatic N) is 1. The van der Waals surface area contributed by atoms with Gasteiger partial charge in [-0.15, -0.1) is 0 Å². The molecular weight excluding hydrogens is 294 g/mol. The van der Waals surface area contributed by atoms with Crippen LogP contribution >= 0.6 is 0 Å². The first-order valence-electron chi connectivity index (χ1n) is 7.88. The molecule has 0 aliphatic carbocycles. The Balaban J connectivity index is 2.48. The summed E-state index contributed by atoms with van der Waals surface area (Å²) < 4.78 is 12.0. The number of unbranched alkanes of at least 4 members (excludes halogenated alkanes) is 1. The zero-order valence-electron chi connectivity index (χ0n) is 13.9. The molecule has 0 aliphatic rings. The molecule has 0 spiro atoms. The Labute approximate surface area is 135 Å². The summed E-state index contributed by atoms with van der Waals surface area (Å²) in [5.74, 6) is -0.564. The zero-order chi connectivity index (χ0) is 16.8. The van der Waals surface area contributed by atoms with E-state index in [2.05, 4.69) is 0 Å². The summed E-state index contributed by atoms with van der Waals surface area (Å²) in [4.78, 5) is 24.6. The number of aromatic nitrogens is 1.